The van der Waals surface area contributed by atoms with Gasteiger partial charge in [-0.05, 0) is 0 Å². The summed E-state index contributed by atoms with van der Waals surface area (Å²) in [7, 11) is 0. The maximum atomic E-state index is 12.0. The van der Waals surface area contributed by atoms with Gasteiger partial charge in [0.2, 0.25) is 0 Å². The molecule has 0 spiro atoms. The third-order valence-electron chi connectivity index (χ3n) is 6.34. The fourth-order valence-electron chi connectivity index (χ4n) is 4.37. The third kappa shape index (κ3) is 14.9. The summed E-state index contributed by atoms with van der Waals surface area (Å²) in [4.78, 5) is 12.0. The van der Waals surface area contributed by atoms with Gasteiger partial charge >= 0.3 is 167 Å². The van der Waals surface area contributed by atoms with Crippen LogP contribution in [0.15, 0.2) is 0 Å². The number of hydrogen-bond acceptors (Lipinski definition) is 1. The Labute approximate surface area is 172 Å². The van der Waals surface area contributed by atoms with Crippen molar-refractivity contribution in [2.24, 2.45) is 0 Å². The molecule has 0 aromatic carbocycles. The topological polar surface area (TPSA) is 51.7 Å². The number of rotatable bonds is 20. The Balaban J connectivity index is 0. The van der Waals surface area contributed by atoms with Crippen molar-refractivity contribution < 1.29 is 10.4 Å². The monoisotopic (exact) mass is 406 g/mol. The predicted molar refractivity (Wildman–Crippen MR) is 129 cm³/mol. The maximum Gasteiger partial charge on any atom is -0.412 e. The number of hydrogen-bond donors (Lipinski definition) is 1. The fourth-order valence-corrected chi connectivity index (χ4v) is 10.1. The molecule has 0 atom stereocenters. The SMILES string of the molecule is CCCCCCCCCCCCP(O)(CCCC)(CCCC)CCCC.O. The minimum absolute atomic E-state index is 0. The van der Waals surface area contributed by atoms with E-state index in [1.165, 1.54) is 109 Å². The quantitative estimate of drug-likeness (QED) is 0.162. The minimum Gasteiger partial charge on any atom is -0.412 e. The Morgan fingerprint density at radius 1 is 0.407 bits per heavy atom. The van der Waals surface area contributed by atoms with E-state index in [0.717, 1.165) is 18.5 Å². The van der Waals surface area contributed by atoms with Crippen molar-refractivity contribution in [1.29, 1.82) is 0 Å². The zero-order chi connectivity index (χ0) is 19.6. The molecule has 27 heavy (non-hydrogen) atoms. The maximum absolute atomic E-state index is 12.0. The van der Waals surface area contributed by atoms with E-state index in [4.69, 9.17) is 0 Å². The molecule has 3 heteroatoms. The van der Waals surface area contributed by atoms with Gasteiger partial charge in [-0.1, -0.05) is 0 Å². The Morgan fingerprint density at radius 2 is 0.667 bits per heavy atom. The van der Waals surface area contributed by atoms with Crippen LogP contribution < -0.4 is 0 Å². The van der Waals surface area contributed by atoms with Crippen LogP contribution in [0.1, 0.15) is 130 Å². The van der Waals surface area contributed by atoms with Crippen molar-refractivity contribution in [3.8, 4) is 0 Å². The summed E-state index contributed by atoms with van der Waals surface area (Å²) in [6.07, 6.45) is 25.9. The predicted octanol–water partition coefficient (Wildman–Crippen LogP) is 7.94. The summed E-state index contributed by atoms with van der Waals surface area (Å²) in [5.74, 6) is 0. The van der Waals surface area contributed by atoms with Crippen LogP contribution in [0.3, 0.4) is 0 Å². The molecule has 0 amide bonds. The van der Waals surface area contributed by atoms with Gasteiger partial charge in [0.1, 0.15) is 0 Å². The van der Waals surface area contributed by atoms with E-state index in [2.05, 4.69) is 27.7 Å². The molecule has 0 fully saturated rings. The Hall–Kier alpha value is 0.350. The first-order valence-corrected chi connectivity index (χ1v) is 15.2. The van der Waals surface area contributed by atoms with Crippen LogP contribution in [-0.2, 0) is 0 Å². The van der Waals surface area contributed by atoms with E-state index in [1.807, 2.05) is 0 Å². The van der Waals surface area contributed by atoms with Gasteiger partial charge in [0.15, 0.2) is 0 Å². The third-order valence-corrected chi connectivity index (χ3v) is 12.2. The molecule has 168 valence electrons. The van der Waals surface area contributed by atoms with E-state index in [-0.39, 0.29) is 5.48 Å². The molecule has 0 heterocycles. The second-order valence-electron chi connectivity index (χ2n) is 9.04. The van der Waals surface area contributed by atoms with Gasteiger partial charge in [0.25, 0.3) is 0 Å². The number of unbranched alkanes of at least 4 members (excludes halogenated alkanes) is 12. The molecule has 0 saturated carbocycles. The smallest absolute Gasteiger partial charge is 0.412 e. The molecule has 3 N–H and O–H groups in total. The zero-order valence-electron chi connectivity index (χ0n) is 19.5. The fraction of sp³-hybridized carbons (Fsp3) is 1.00. The van der Waals surface area contributed by atoms with Crippen molar-refractivity contribution in [3.63, 3.8) is 0 Å². The van der Waals surface area contributed by atoms with Crippen LogP contribution in [0.2, 0.25) is 0 Å². The van der Waals surface area contributed by atoms with Gasteiger partial charge in [-0.15, -0.1) is 0 Å². The average molecular weight is 407 g/mol. The van der Waals surface area contributed by atoms with Gasteiger partial charge < -0.3 is 5.48 Å². The van der Waals surface area contributed by atoms with E-state index < -0.39 is 6.83 Å². The molecule has 0 aromatic rings. The van der Waals surface area contributed by atoms with Gasteiger partial charge in [-0.3, -0.25) is 0 Å². The molecule has 0 aliphatic rings. The average Bonchev–Trinajstić information content (AvgIpc) is 2.65. The van der Waals surface area contributed by atoms with Gasteiger partial charge in [0.05, 0.1) is 0 Å². The minimum atomic E-state index is -2.44. The van der Waals surface area contributed by atoms with Gasteiger partial charge in [0, 0.05) is 0 Å². The standard InChI is InChI=1S/C24H53OP.H2O/c1-5-9-13-14-15-16-17-18-19-20-24-26(25,21-10-6-2,22-11-7-3)23-12-8-4;/h25H,5-24H2,1-4H3;1H2. The largest absolute Gasteiger partial charge is 0.412 e. The van der Waals surface area contributed by atoms with Crippen molar-refractivity contribution in [1.82, 2.24) is 0 Å². The van der Waals surface area contributed by atoms with Crippen LogP contribution >= 0.6 is 6.83 Å². The van der Waals surface area contributed by atoms with E-state index in [1.54, 1.807) is 0 Å². The van der Waals surface area contributed by atoms with Crippen LogP contribution in [0.5, 0.6) is 0 Å². The first-order chi connectivity index (χ1) is 12.5. The molecule has 0 rings (SSSR count). The molecule has 0 aliphatic heterocycles. The summed E-state index contributed by atoms with van der Waals surface area (Å²) in [6.45, 7) is 6.69. The van der Waals surface area contributed by atoms with E-state index >= 15 is 0 Å². The first-order valence-electron chi connectivity index (χ1n) is 12.3. The normalized spacial score (nSPS) is 13.1. The van der Waals surface area contributed by atoms with E-state index in [0.29, 0.717) is 0 Å². The zero-order valence-corrected chi connectivity index (χ0v) is 20.4. The van der Waals surface area contributed by atoms with Crippen molar-refractivity contribution >= 4 is 6.83 Å². The second kappa shape index (κ2) is 18.4. The Morgan fingerprint density at radius 3 is 1.00 bits per heavy atom. The molecule has 2 nitrogen and oxygen atoms in total. The Kier molecular flexibility index (Phi) is 20.1. The molecule has 0 aromatic heterocycles. The summed E-state index contributed by atoms with van der Waals surface area (Å²) >= 11 is 0. The summed E-state index contributed by atoms with van der Waals surface area (Å²) in [5.41, 5.74) is 0. The summed E-state index contributed by atoms with van der Waals surface area (Å²) in [6, 6.07) is 0. The van der Waals surface area contributed by atoms with Crippen molar-refractivity contribution in [2.45, 2.75) is 130 Å². The molecule has 0 saturated heterocycles. The molecular weight excluding hydrogens is 351 g/mol. The Bertz CT molecular complexity index is 282. The van der Waals surface area contributed by atoms with Crippen LogP contribution in [-0.4, -0.2) is 35.0 Å². The van der Waals surface area contributed by atoms with Crippen LogP contribution in [0.4, 0.5) is 0 Å². The first kappa shape index (κ1) is 29.6. The van der Waals surface area contributed by atoms with Crippen molar-refractivity contribution in [3.05, 3.63) is 0 Å². The van der Waals surface area contributed by atoms with Crippen LogP contribution in [0.25, 0.3) is 0 Å². The summed E-state index contributed by atoms with van der Waals surface area (Å²) < 4.78 is 0. The van der Waals surface area contributed by atoms with E-state index in [9.17, 15) is 4.89 Å². The van der Waals surface area contributed by atoms with Crippen molar-refractivity contribution in [2.75, 3.05) is 24.6 Å². The molecule has 0 aliphatic carbocycles. The molecular formula is C24H55O2P. The van der Waals surface area contributed by atoms with Gasteiger partial charge in [-0.25, -0.2) is 0 Å². The summed E-state index contributed by atoms with van der Waals surface area (Å²) in [5, 5.41) is 0. The van der Waals surface area contributed by atoms with Crippen LogP contribution in [0, 0.1) is 0 Å². The second-order valence-corrected chi connectivity index (χ2v) is 14.6. The molecule has 0 unspecified atom stereocenters. The molecule has 0 radical (unpaired) electrons. The van der Waals surface area contributed by atoms with Gasteiger partial charge in [-0.2, -0.15) is 0 Å². The molecule has 0 bridgehead atoms.